The molecule has 6 atom stereocenters. The second-order valence-electron chi connectivity index (χ2n) is 22.5. The minimum Gasteiger partial charge on any atom is -0.497 e. The van der Waals surface area contributed by atoms with Gasteiger partial charge in [0.2, 0.25) is 0 Å². The summed E-state index contributed by atoms with van der Waals surface area (Å²) in [7, 11) is 2.33. The number of halogens is 11. The molecule has 5 heterocycles. The maximum atomic E-state index is 15.4. The van der Waals surface area contributed by atoms with Gasteiger partial charge in [-0.15, -0.1) is 0 Å². The van der Waals surface area contributed by atoms with Gasteiger partial charge < -0.3 is 39.6 Å². The minimum absolute atomic E-state index is 0.0437. The molecule has 4 aromatic carbocycles. The van der Waals surface area contributed by atoms with Crippen molar-refractivity contribution in [1.82, 2.24) is 30.6 Å². The molecule has 4 N–H and O–H groups in total. The van der Waals surface area contributed by atoms with Crippen LogP contribution < -0.4 is 25.6 Å². The Hall–Kier alpha value is -5.59. The number of nitrogens with zero attached hydrogens (tertiary/aromatic N) is 6. The molecular formula is C60H58BCl2F8IN8O6S2. The lowest BCUT2D eigenvalue weighted by Gasteiger charge is -2.38. The SMILES string of the molecule is COc1ccc(CN=C2N[C@](C)(c3cc(/C=C(\F)c4cnc(Cl)cn4)ccc3F)[C@@H]3C(F)(F)[C@]3(CO)S2)cc1.COc1ccc(CN=C2N[C@](C)(c3cc(B4OC(C)(C)C(C)(C)O4)ccc3F)[C@@H]3C(F)(F)[C@]3(CO)S2)cc1.F/C(=C\I)c1cnc(Cl)cn1. The van der Waals surface area contributed by atoms with E-state index in [2.05, 4.69) is 40.6 Å². The second kappa shape index (κ2) is 25.6. The smallest absolute Gasteiger partial charge is 0.494 e. The number of ether oxygens (including phenoxy) is 2. The lowest BCUT2D eigenvalue weighted by molar-refractivity contribution is 0.00578. The van der Waals surface area contributed by atoms with Crippen LogP contribution in [0.4, 0.5) is 35.1 Å². The summed E-state index contributed by atoms with van der Waals surface area (Å²) in [6.07, 6.45) is 6.02. The zero-order valence-electron chi connectivity index (χ0n) is 48.3. The molecule has 2 saturated carbocycles. The second-order valence-corrected chi connectivity index (χ2v) is 26.5. The van der Waals surface area contributed by atoms with Gasteiger partial charge in [-0.1, -0.05) is 89.2 Å². The Kier molecular flexibility index (Phi) is 19.4. The van der Waals surface area contributed by atoms with E-state index in [1.54, 1.807) is 79.3 Å². The van der Waals surface area contributed by atoms with E-state index < -0.39 is 99.1 Å². The van der Waals surface area contributed by atoms with Crippen LogP contribution in [0.1, 0.15) is 80.7 Å². The number of aromatic nitrogens is 4. The van der Waals surface area contributed by atoms with Gasteiger partial charge in [0.05, 0.1) is 99.4 Å². The summed E-state index contributed by atoms with van der Waals surface area (Å²) in [5.41, 5.74) is -2.03. The van der Waals surface area contributed by atoms with Crippen molar-refractivity contribution in [2.24, 2.45) is 21.8 Å². The lowest BCUT2D eigenvalue weighted by atomic mass is 9.75. The number of hydrogen-bond acceptors (Lipinski definition) is 14. The maximum absolute atomic E-state index is 15.4. The highest BCUT2D eigenvalue weighted by Gasteiger charge is 2.89. The molecule has 11 rings (SSSR count). The normalized spacial score (nSPS) is 26.9. The highest BCUT2D eigenvalue weighted by molar-refractivity contribution is 14.1. The molecule has 2 aromatic heterocycles. The van der Waals surface area contributed by atoms with E-state index in [4.69, 9.17) is 42.0 Å². The van der Waals surface area contributed by atoms with Crippen molar-refractivity contribution in [3.8, 4) is 11.5 Å². The van der Waals surface area contributed by atoms with Crippen LogP contribution in [0, 0.1) is 23.5 Å². The molecule has 2 aliphatic carbocycles. The van der Waals surface area contributed by atoms with Crippen molar-refractivity contribution in [2.45, 2.75) is 98.3 Å². The third-order valence-corrected chi connectivity index (χ3v) is 20.2. The standard InChI is InChI=1S/C27H32BF3N2O4S.C27H23ClF4N4O2S.C6H3ClFIN2/c1-23(2)24(3,4)37-28(36-23)17-9-12-20(29)19(13-17)25(5)21-26(15-34,27(21,30)31)38-22(33-25)32-14-16-7-10-18(35-6)11-8-16;1-25(18-9-16(5-8-19(18)29)10-20(30)21-12-34-22(28)13-33-21)23-26(14-37,27(23,31)32)39-24(36-25)35-11-15-3-6-17(38-2)7-4-15;7-6-3-10-5(2-11-6)4(8)1-9/h7-13,21,34H,14-15H2,1-6H3,(H,32,33);3-10,12-13,23,37H,11,14H2,1-2H3,(H,35,36);1-3H/b;20-10-;4-1-/t21-,25+,26+;23-,25+,26+;/m00./s1. The number of hydrogen-bond donors (Lipinski definition) is 4. The van der Waals surface area contributed by atoms with Gasteiger partial charge in [0.15, 0.2) is 22.0 Å². The fourth-order valence-electron chi connectivity index (χ4n) is 10.8. The third-order valence-electron chi connectivity index (χ3n) is 16.4. The van der Waals surface area contributed by atoms with Crippen LogP contribution in [0.3, 0.4) is 0 Å². The molecule has 5 fully saturated rings. The molecule has 5 aliphatic rings. The number of methoxy groups -OCH3 is 2. The average molecular weight is 1410 g/mol. The van der Waals surface area contributed by atoms with Gasteiger partial charge in [-0.05, 0) is 135 Å². The van der Waals surface area contributed by atoms with E-state index in [1.165, 1.54) is 60.8 Å². The van der Waals surface area contributed by atoms with Gasteiger partial charge in [-0.2, -0.15) is 0 Å². The van der Waals surface area contributed by atoms with Gasteiger partial charge in [-0.3, -0.25) is 9.98 Å². The molecule has 3 aliphatic heterocycles. The van der Waals surface area contributed by atoms with Crippen LogP contribution in [0.5, 0.6) is 11.5 Å². The molecule has 6 aromatic rings. The summed E-state index contributed by atoms with van der Waals surface area (Å²) in [4.78, 5) is 24.0. The van der Waals surface area contributed by atoms with Crippen molar-refractivity contribution >= 4 is 110 Å². The number of aliphatic hydroxyl groups excluding tert-OH is 2. The first-order valence-corrected chi connectivity index (χ1v) is 30.6. The van der Waals surface area contributed by atoms with Gasteiger partial charge >= 0.3 is 7.12 Å². The largest absolute Gasteiger partial charge is 0.497 e. The van der Waals surface area contributed by atoms with Crippen molar-refractivity contribution in [3.05, 3.63) is 175 Å². The fourth-order valence-corrected chi connectivity index (χ4v) is 14.4. The van der Waals surface area contributed by atoms with E-state index in [0.717, 1.165) is 53.0 Å². The number of rotatable bonds is 14. The highest BCUT2D eigenvalue weighted by atomic mass is 127. The zero-order chi connectivity index (χ0) is 64.0. The number of fused-ring (bicyclic) bond motifs is 2. The molecular weight excluding hydrogens is 1350 g/mol. The van der Waals surface area contributed by atoms with Crippen molar-refractivity contribution in [2.75, 3.05) is 27.4 Å². The monoisotopic (exact) mass is 1410 g/mol. The van der Waals surface area contributed by atoms with Crippen LogP contribution in [-0.4, -0.2) is 108 Å². The van der Waals surface area contributed by atoms with Gasteiger partial charge in [-0.25, -0.2) is 55.1 Å². The Bertz CT molecular complexity index is 3670. The van der Waals surface area contributed by atoms with Gasteiger partial charge in [0, 0.05) is 15.2 Å². The summed E-state index contributed by atoms with van der Waals surface area (Å²) in [6, 6.07) is 22.4. The predicted molar refractivity (Wildman–Crippen MR) is 336 cm³/mol. The molecule has 14 nitrogen and oxygen atoms in total. The number of amidine groups is 2. The third kappa shape index (κ3) is 12.8. The molecule has 28 heteroatoms. The van der Waals surface area contributed by atoms with E-state index in [9.17, 15) is 19.0 Å². The molecule has 3 saturated heterocycles. The first-order valence-electron chi connectivity index (χ1n) is 27.0. The minimum atomic E-state index is -3.33. The number of aliphatic imine (C=N–C) groups is 2. The van der Waals surface area contributed by atoms with E-state index in [-0.39, 0.29) is 61.8 Å². The molecule has 466 valence electrons. The Morgan fingerprint density at radius 1 is 0.636 bits per heavy atom. The average Bonchev–Trinajstić information content (AvgIpc) is 1.51. The van der Waals surface area contributed by atoms with Crippen LogP contribution >= 0.6 is 69.3 Å². The molecule has 0 spiro atoms. The number of nitrogens with one attached hydrogen (secondary N) is 2. The topological polar surface area (TPSA) is 178 Å². The van der Waals surface area contributed by atoms with Gasteiger partial charge in [0.1, 0.15) is 54.3 Å². The Labute approximate surface area is 535 Å². The quantitative estimate of drug-likeness (QED) is 0.0460. The van der Waals surface area contributed by atoms with Crippen molar-refractivity contribution < 1.29 is 64.1 Å². The number of alkyl halides is 4. The van der Waals surface area contributed by atoms with E-state index in [0.29, 0.717) is 17.0 Å². The predicted octanol–water partition coefficient (Wildman–Crippen LogP) is 12.9. The van der Waals surface area contributed by atoms with Crippen LogP contribution in [-0.2, 0) is 33.5 Å². The fraction of sp³-hybridized carbons (Fsp3) is 0.367. The number of thioether (sulfide) groups is 2. The Morgan fingerprint density at radius 3 is 1.45 bits per heavy atom. The summed E-state index contributed by atoms with van der Waals surface area (Å²) in [5, 5.41) is 27.1. The van der Waals surface area contributed by atoms with Gasteiger partial charge in [0.25, 0.3) is 11.8 Å². The first kappa shape index (κ1) is 66.8. The molecule has 88 heavy (non-hydrogen) atoms. The van der Waals surface area contributed by atoms with Crippen molar-refractivity contribution in [3.63, 3.8) is 0 Å². The molecule has 0 bridgehead atoms. The Morgan fingerprint density at radius 2 is 1.06 bits per heavy atom. The highest BCUT2D eigenvalue weighted by Crippen LogP contribution is 2.75. The number of aliphatic hydroxyl groups is 2. The maximum Gasteiger partial charge on any atom is 0.494 e. The van der Waals surface area contributed by atoms with Crippen LogP contribution in [0.25, 0.3) is 17.7 Å². The summed E-state index contributed by atoms with van der Waals surface area (Å²) >= 11 is 14.5. The lowest BCUT2D eigenvalue weighted by Crippen LogP contribution is -2.52. The Balaban J connectivity index is 0.000000179. The van der Waals surface area contributed by atoms with Crippen LogP contribution in [0.2, 0.25) is 10.3 Å². The summed E-state index contributed by atoms with van der Waals surface area (Å²) in [5.74, 6) is -10.6. The van der Waals surface area contributed by atoms with E-state index >= 15 is 26.3 Å². The molecule has 0 radical (unpaired) electrons. The first-order chi connectivity index (χ1) is 41.5. The van der Waals surface area contributed by atoms with Crippen LogP contribution in [0.15, 0.2) is 124 Å². The molecule has 0 unspecified atom stereocenters. The number of benzene rings is 4. The zero-order valence-corrected chi connectivity index (χ0v) is 53.6. The van der Waals surface area contributed by atoms with E-state index in [1.807, 2.05) is 39.8 Å². The summed E-state index contributed by atoms with van der Waals surface area (Å²) in [6.45, 7) is 9.38. The molecule has 0 amide bonds. The summed E-state index contributed by atoms with van der Waals surface area (Å²) < 4.78 is 140. The van der Waals surface area contributed by atoms with Crippen molar-refractivity contribution in [1.29, 1.82) is 0 Å².